The van der Waals surface area contributed by atoms with Crippen LogP contribution in [0.15, 0.2) is 41.5 Å². The molecule has 0 aromatic carbocycles. The topological polar surface area (TPSA) is 97.5 Å². The number of hydrogen-bond donors (Lipinski definition) is 2. The number of carbonyl (C=O) groups is 1. The molecule has 0 saturated carbocycles. The first-order chi connectivity index (χ1) is 17.0. The molecule has 2 fully saturated rings. The van der Waals surface area contributed by atoms with E-state index in [4.69, 9.17) is 0 Å². The number of aromatic nitrogens is 3. The molecule has 35 heavy (non-hydrogen) atoms. The van der Waals surface area contributed by atoms with Crippen molar-refractivity contribution >= 4 is 28.4 Å². The molecule has 0 aliphatic carbocycles. The van der Waals surface area contributed by atoms with Crippen molar-refractivity contribution in [2.24, 2.45) is 5.92 Å². The summed E-state index contributed by atoms with van der Waals surface area (Å²) in [6, 6.07) is 7.85. The zero-order chi connectivity index (χ0) is 24.4. The van der Waals surface area contributed by atoms with Crippen LogP contribution in [0.4, 0.5) is 11.5 Å². The molecule has 0 radical (unpaired) electrons. The van der Waals surface area contributed by atoms with Gasteiger partial charge < -0.3 is 20.1 Å². The molecule has 0 unspecified atom stereocenters. The summed E-state index contributed by atoms with van der Waals surface area (Å²) < 4.78 is 0. The third kappa shape index (κ3) is 5.36. The number of H-pyrrole nitrogens is 1. The standard InChI is InChI=1S/C26H33N7O2/c1-3-19-13-22-23(29-25(19)34)12-18(14-27-22)16-32-8-10-33(11-9-32)21-4-5-24(28-15-21)30-26(35)20-6-7-31(2)17-20/h4-5,12-15,20H,3,6-11,16-17H2,1-2H3,(H,29,34)(H,28,30,35)/t20-/m0/s1. The maximum Gasteiger partial charge on any atom is 0.251 e. The molecule has 0 spiro atoms. The molecule has 2 aliphatic heterocycles. The lowest BCUT2D eigenvalue weighted by atomic mass is 10.1. The molecule has 1 amide bonds. The van der Waals surface area contributed by atoms with E-state index in [0.29, 0.717) is 12.2 Å². The Balaban J connectivity index is 1.14. The molecule has 5 heterocycles. The van der Waals surface area contributed by atoms with Crippen LogP contribution >= 0.6 is 0 Å². The molecule has 2 saturated heterocycles. The zero-order valence-corrected chi connectivity index (χ0v) is 20.5. The largest absolute Gasteiger partial charge is 0.368 e. The zero-order valence-electron chi connectivity index (χ0n) is 20.5. The van der Waals surface area contributed by atoms with Crippen molar-refractivity contribution in [3.05, 3.63) is 58.1 Å². The number of hydrogen-bond acceptors (Lipinski definition) is 7. The average Bonchev–Trinajstić information content (AvgIpc) is 3.31. The number of fused-ring (bicyclic) bond motifs is 1. The Morgan fingerprint density at radius 3 is 2.63 bits per heavy atom. The van der Waals surface area contributed by atoms with E-state index in [-0.39, 0.29) is 17.4 Å². The SMILES string of the molecule is CCc1cc2ncc(CN3CCN(c4ccc(NC(=O)[C@H]5CCN(C)C5)nc4)CC3)cc2[nH]c1=O. The second kappa shape index (κ2) is 10.1. The number of aryl methyl sites for hydroxylation is 1. The Morgan fingerprint density at radius 2 is 1.94 bits per heavy atom. The van der Waals surface area contributed by atoms with Crippen LogP contribution in [0.25, 0.3) is 11.0 Å². The highest BCUT2D eigenvalue weighted by molar-refractivity contribution is 5.92. The minimum atomic E-state index is -0.0297. The van der Waals surface area contributed by atoms with Crippen LogP contribution in [0.3, 0.4) is 0 Å². The summed E-state index contributed by atoms with van der Waals surface area (Å²) in [5.41, 5.74) is 4.53. The smallest absolute Gasteiger partial charge is 0.251 e. The van der Waals surface area contributed by atoms with Gasteiger partial charge in [0.1, 0.15) is 5.82 Å². The summed E-state index contributed by atoms with van der Waals surface area (Å²) >= 11 is 0. The summed E-state index contributed by atoms with van der Waals surface area (Å²) in [6.07, 6.45) is 5.36. The second-order valence-corrected chi connectivity index (χ2v) is 9.66. The quantitative estimate of drug-likeness (QED) is 0.563. The Hall–Kier alpha value is -3.30. The van der Waals surface area contributed by atoms with Gasteiger partial charge in [0.15, 0.2) is 0 Å². The first-order valence-electron chi connectivity index (χ1n) is 12.4. The van der Waals surface area contributed by atoms with Crippen molar-refractivity contribution in [2.45, 2.75) is 26.3 Å². The summed E-state index contributed by atoms with van der Waals surface area (Å²) in [4.78, 5) is 43.5. The molecular weight excluding hydrogens is 442 g/mol. The summed E-state index contributed by atoms with van der Waals surface area (Å²) in [6.45, 7) is 8.21. The molecule has 3 aromatic rings. The maximum absolute atomic E-state index is 12.4. The minimum Gasteiger partial charge on any atom is -0.368 e. The van der Waals surface area contributed by atoms with Crippen molar-refractivity contribution in [2.75, 3.05) is 56.5 Å². The second-order valence-electron chi connectivity index (χ2n) is 9.66. The van der Waals surface area contributed by atoms with Crippen molar-refractivity contribution in [1.29, 1.82) is 0 Å². The van der Waals surface area contributed by atoms with Gasteiger partial charge in [-0.1, -0.05) is 6.92 Å². The van der Waals surface area contributed by atoms with E-state index < -0.39 is 0 Å². The van der Waals surface area contributed by atoms with E-state index in [2.05, 4.69) is 35.0 Å². The fraction of sp³-hybridized carbons (Fsp3) is 0.462. The molecule has 5 rings (SSSR count). The van der Waals surface area contributed by atoms with Gasteiger partial charge in [0.25, 0.3) is 5.56 Å². The monoisotopic (exact) mass is 475 g/mol. The van der Waals surface area contributed by atoms with E-state index in [9.17, 15) is 9.59 Å². The molecule has 184 valence electrons. The van der Waals surface area contributed by atoms with Crippen molar-refractivity contribution in [3.8, 4) is 0 Å². The number of aromatic amines is 1. The normalized spacial score (nSPS) is 19.4. The number of nitrogens with one attached hydrogen (secondary N) is 2. The Labute approximate surface area is 205 Å². The van der Waals surface area contributed by atoms with E-state index in [1.54, 1.807) is 0 Å². The Morgan fingerprint density at radius 1 is 1.11 bits per heavy atom. The number of pyridine rings is 3. The number of nitrogens with zero attached hydrogens (tertiary/aromatic N) is 5. The van der Waals surface area contributed by atoms with Gasteiger partial charge in [-0.05, 0) is 56.3 Å². The first kappa shape index (κ1) is 23.4. The number of carbonyl (C=O) groups excluding carboxylic acids is 1. The van der Waals surface area contributed by atoms with Crippen LogP contribution in [-0.4, -0.2) is 77.0 Å². The molecule has 9 nitrogen and oxygen atoms in total. The molecule has 0 bridgehead atoms. The Kier molecular flexibility index (Phi) is 6.79. The van der Waals surface area contributed by atoms with Crippen molar-refractivity contribution < 1.29 is 4.79 Å². The van der Waals surface area contributed by atoms with Crippen molar-refractivity contribution in [1.82, 2.24) is 24.8 Å². The van der Waals surface area contributed by atoms with Crippen LogP contribution in [0, 0.1) is 5.92 Å². The summed E-state index contributed by atoms with van der Waals surface area (Å²) in [5.74, 6) is 0.711. The fourth-order valence-corrected chi connectivity index (χ4v) is 4.96. The van der Waals surface area contributed by atoms with Gasteiger partial charge in [0, 0.05) is 51.0 Å². The highest BCUT2D eigenvalue weighted by Crippen LogP contribution is 2.21. The minimum absolute atomic E-state index is 0.0297. The van der Waals surface area contributed by atoms with Gasteiger partial charge in [-0.3, -0.25) is 19.5 Å². The van der Waals surface area contributed by atoms with Gasteiger partial charge in [-0.25, -0.2) is 4.98 Å². The third-order valence-electron chi connectivity index (χ3n) is 7.11. The van der Waals surface area contributed by atoms with Gasteiger partial charge in [0.05, 0.1) is 28.8 Å². The van der Waals surface area contributed by atoms with E-state index in [0.717, 1.165) is 80.1 Å². The van der Waals surface area contributed by atoms with Crippen LogP contribution in [0.1, 0.15) is 24.5 Å². The van der Waals surface area contributed by atoms with Crippen LogP contribution in [-0.2, 0) is 17.8 Å². The fourth-order valence-electron chi connectivity index (χ4n) is 4.96. The van der Waals surface area contributed by atoms with Crippen LogP contribution < -0.4 is 15.8 Å². The lowest BCUT2D eigenvalue weighted by Crippen LogP contribution is -2.46. The van der Waals surface area contributed by atoms with Gasteiger partial charge in [-0.15, -0.1) is 0 Å². The van der Waals surface area contributed by atoms with Crippen molar-refractivity contribution in [3.63, 3.8) is 0 Å². The average molecular weight is 476 g/mol. The summed E-state index contributed by atoms with van der Waals surface area (Å²) in [5, 5.41) is 2.96. The van der Waals surface area contributed by atoms with E-state index in [1.165, 1.54) is 0 Å². The number of rotatable bonds is 6. The molecule has 3 aromatic heterocycles. The predicted octanol–water partition coefficient (Wildman–Crippen LogP) is 2.09. The maximum atomic E-state index is 12.4. The Bertz CT molecular complexity index is 1250. The number of likely N-dealkylation sites (tertiary alicyclic amines) is 1. The predicted molar refractivity (Wildman–Crippen MR) is 138 cm³/mol. The molecular formula is C26H33N7O2. The van der Waals surface area contributed by atoms with Gasteiger partial charge >= 0.3 is 0 Å². The van der Waals surface area contributed by atoms with Gasteiger partial charge in [-0.2, -0.15) is 0 Å². The van der Waals surface area contributed by atoms with Gasteiger partial charge in [0.2, 0.25) is 5.91 Å². The summed E-state index contributed by atoms with van der Waals surface area (Å²) in [7, 11) is 2.04. The lowest BCUT2D eigenvalue weighted by molar-refractivity contribution is -0.119. The van der Waals surface area contributed by atoms with Crippen LogP contribution in [0.5, 0.6) is 0 Å². The molecule has 9 heteroatoms. The first-order valence-corrected chi connectivity index (χ1v) is 12.4. The number of piperazine rings is 1. The highest BCUT2D eigenvalue weighted by Gasteiger charge is 2.26. The molecule has 2 aliphatic rings. The molecule has 1 atom stereocenters. The highest BCUT2D eigenvalue weighted by atomic mass is 16.2. The lowest BCUT2D eigenvalue weighted by Gasteiger charge is -2.36. The molecule has 2 N–H and O–H groups in total. The van der Waals surface area contributed by atoms with E-state index in [1.807, 2.05) is 50.6 Å². The number of anilines is 2. The van der Waals surface area contributed by atoms with E-state index >= 15 is 0 Å². The third-order valence-corrected chi connectivity index (χ3v) is 7.11. The number of amides is 1. The van der Waals surface area contributed by atoms with Crippen LogP contribution in [0.2, 0.25) is 0 Å².